The van der Waals surface area contributed by atoms with E-state index in [1.807, 2.05) is 0 Å². The SMILES string of the molecule is COCCC(Br)c1nc(C(C)=O)cs1. The number of ether oxygens (including phenoxy) is 1. The van der Waals surface area contributed by atoms with Gasteiger partial charge in [-0.05, 0) is 6.42 Å². The van der Waals surface area contributed by atoms with Crippen LogP contribution in [0.3, 0.4) is 0 Å². The summed E-state index contributed by atoms with van der Waals surface area (Å²) in [5.41, 5.74) is 0.548. The number of alkyl halides is 1. The number of carbonyl (C=O) groups is 1. The highest BCUT2D eigenvalue weighted by Crippen LogP contribution is 2.29. The molecule has 0 spiro atoms. The molecule has 0 saturated heterocycles. The van der Waals surface area contributed by atoms with Crippen molar-refractivity contribution in [3.63, 3.8) is 0 Å². The van der Waals surface area contributed by atoms with E-state index in [-0.39, 0.29) is 10.6 Å². The monoisotopic (exact) mass is 277 g/mol. The number of thiazole rings is 1. The lowest BCUT2D eigenvalue weighted by Gasteiger charge is -2.04. The maximum absolute atomic E-state index is 11.0. The summed E-state index contributed by atoms with van der Waals surface area (Å²) < 4.78 is 4.97. The number of aromatic nitrogens is 1. The van der Waals surface area contributed by atoms with Gasteiger partial charge in [0.1, 0.15) is 10.7 Å². The van der Waals surface area contributed by atoms with Crippen molar-refractivity contribution in [3.8, 4) is 0 Å². The van der Waals surface area contributed by atoms with E-state index in [9.17, 15) is 4.79 Å². The molecule has 0 aliphatic heterocycles. The summed E-state index contributed by atoms with van der Waals surface area (Å²) in [4.78, 5) is 15.4. The molecule has 1 rings (SSSR count). The number of ketones is 1. The van der Waals surface area contributed by atoms with Crippen LogP contribution in [0.5, 0.6) is 0 Å². The third kappa shape index (κ3) is 3.15. The molecule has 0 radical (unpaired) electrons. The average molecular weight is 278 g/mol. The van der Waals surface area contributed by atoms with E-state index in [2.05, 4.69) is 20.9 Å². The van der Waals surface area contributed by atoms with E-state index < -0.39 is 0 Å². The first kappa shape index (κ1) is 11.8. The van der Waals surface area contributed by atoms with Gasteiger partial charge in [-0.3, -0.25) is 4.79 Å². The third-order valence-electron chi connectivity index (χ3n) is 1.73. The zero-order valence-corrected chi connectivity index (χ0v) is 10.5. The summed E-state index contributed by atoms with van der Waals surface area (Å²) in [5.74, 6) is 0.0129. The molecule has 0 aliphatic carbocycles. The standard InChI is InChI=1S/C9H12BrNO2S/c1-6(12)8-5-14-9(11-8)7(10)3-4-13-2/h5,7H,3-4H2,1-2H3. The van der Waals surface area contributed by atoms with Crippen LogP contribution >= 0.6 is 27.3 Å². The highest BCUT2D eigenvalue weighted by molar-refractivity contribution is 9.09. The zero-order valence-electron chi connectivity index (χ0n) is 8.12. The molecule has 1 unspecified atom stereocenters. The van der Waals surface area contributed by atoms with Crippen molar-refractivity contribution < 1.29 is 9.53 Å². The van der Waals surface area contributed by atoms with Gasteiger partial charge >= 0.3 is 0 Å². The van der Waals surface area contributed by atoms with Crippen molar-refractivity contribution in [2.75, 3.05) is 13.7 Å². The van der Waals surface area contributed by atoms with Gasteiger partial charge in [0.25, 0.3) is 0 Å². The minimum Gasteiger partial charge on any atom is -0.385 e. The quantitative estimate of drug-likeness (QED) is 0.614. The number of halogens is 1. The van der Waals surface area contributed by atoms with Crippen LogP contribution < -0.4 is 0 Å². The van der Waals surface area contributed by atoms with Crippen LogP contribution in [0, 0.1) is 0 Å². The number of hydrogen-bond acceptors (Lipinski definition) is 4. The van der Waals surface area contributed by atoms with Gasteiger partial charge < -0.3 is 4.74 Å². The normalized spacial score (nSPS) is 12.8. The van der Waals surface area contributed by atoms with E-state index in [1.165, 1.54) is 18.3 Å². The smallest absolute Gasteiger partial charge is 0.178 e. The molecule has 0 aromatic carbocycles. The summed E-state index contributed by atoms with van der Waals surface area (Å²) in [7, 11) is 1.67. The molecule has 1 aromatic rings. The first-order chi connectivity index (χ1) is 6.65. The second kappa shape index (κ2) is 5.58. The van der Waals surface area contributed by atoms with E-state index in [1.54, 1.807) is 12.5 Å². The topological polar surface area (TPSA) is 39.2 Å². The predicted molar refractivity (Wildman–Crippen MR) is 60.3 cm³/mol. The van der Waals surface area contributed by atoms with E-state index in [0.29, 0.717) is 12.3 Å². The van der Waals surface area contributed by atoms with Crippen LogP contribution in [0.15, 0.2) is 5.38 Å². The largest absolute Gasteiger partial charge is 0.385 e. The van der Waals surface area contributed by atoms with Crippen molar-refractivity contribution in [3.05, 3.63) is 16.1 Å². The molecule has 0 N–H and O–H groups in total. The lowest BCUT2D eigenvalue weighted by atomic mass is 10.3. The first-order valence-corrected chi connectivity index (χ1v) is 6.04. The maximum atomic E-state index is 11.0. The average Bonchev–Trinajstić information content (AvgIpc) is 2.62. The van der Waals surface area contributed by atoms with Gasteiger partial charge in [0.2, 0.25) is 0 Å². The van der Waals surface area contributed by atoms with Crippen molar-refractivity contribution in [2.45, 2.75) is 18.2 Å². The Bertz CT molecular complexity index is 314. The Morgan fingerprint density at radius 2 is 2.50 bits per heavy atom. The minimum atomic E-state index is 0.0129. The van der Waals surface area contributed by atoms with Crippen LogP contribution in [0.2, 0.25) is 0 Å². The Labute approximate surface area is 95.6 Å². The second-order valence-electron chi connectivity index (χ2n) is 2.88. The molecule has 3 nitrogen and oxygen atoms in total. The number of carbonyl (C=O) groups excluding carboxylic acids is 1. The minimum absolute atomic E-state index is 0.0129. The maximum Gasteiger partial charge on any atom is 0.178 e. The van der Waals surface area contributed by atoms with E-state index in [0.717, 1.165) is 11.4 Å². The van der Waals surface area contributed by atoms with Crippen LogP contribution in [-0.2, 0) is 4.74 Å². The number of Topliss-reactive ketones (excluding diaryl/α,β-unsaturated/α-hetero) is 1. The molecule has 0 bridgehead atoms. The van der Waals surface area contributed by atoms with Gasteiger partial charge in [-0.25, -0.2) is 4.98 Å². The van der Waals surface area contributed by atoms with Crippen LogP contribution in [0.1, 0.15) is 33.7 Å². The molecule has 1 aromatic heterocycles. The Hall–Kier alpha value is -0.260. The molecule has 0 amide bonds. The molecule has 1 heterocycles. The molecular weight excluding hydrogens is 266 g/mol. The second-order valence-corrected chi connectivity index (χ2v) is 4.87. The molecule has 78 valence electrons. The summed E-state index contributed by atoms with van der Waals surface area (Å²) >= 11 is 5.01. The number of methoxy groups -OCH3 is 1. The van der Waals surface area contributed by atoms with Gasteiger partial charge in [0, 0.05) is 26.0 Å². The van der Waals surface area contributed by atoms with Crippen LogP contribution in [-0.4, -0.2) is 24.5 Å². The Morgan fingerprint density at radius 1 is 1.79 bits per heavy atom. The van der Waals surface area contributed by atoms with Gasteiger partial charge in [0.05, 0.1) is 4.83 Å². The zero-order chi connectivity index (χ0) is 10.6. The lowest BCUT2D eigenvalue weighted by molar-refractivity contribution is 0.101. The molecule has 0 aliphatic rings. The molecule has 5 heteroatoms. The highest BCUT2D eigenvalue weighted by Gasteiger charge is 2.13. The summed E-state index contributed by atoms with van der Waals surface area (Å²) in [5, 5.41) is 2.73. The molecule has 1 atom stereocenters. The van der Waals surface area contributed by atoms with Gasteiger partial charge in [-0.2, -0.15) is 0 Å². The Kier molecular flexibility index (Phi) is 4.71. The predicted octanol–water partition coefficient (Wildman–Crippen LogP) is 2.82. The van der Waals surface area contributed by atoms with Crippen molar-refractivity contribution in [2.24, 2.45) is 0 Å². The Morgan fingerprint density at radius 3 is 3.00 bits per heavy atom. The summed E-state index contributed by atoms with van der Waals surface area (Å²) in [6, 6.07) is 0. The highest BCUT2D eigenvalue weighted by atomic mass is 79.9. The van der Waals surface area contributed by atoms with Crippen LogP contribution in [0.25, 0.3) is 0 Å². The molecule has 0 saturated carbocycles. The van der Waals surface area contributed by atoms with Crippen molar-refractivity contribution in [1.82, 2.24) is 4.98 Å². The number of nitrogens with zero attached hydrogens (tertiary/aromatic N) is 1. The van der Waals surface area contributed by atoms with Gasteiger partial charge in [-0.15, -0.1) is 11.3 Å². The van der Waals surface area contributed by atoms with E-state index in [4.69, 9.17) is 4.74 Å². The van der Waals surface area contributed by atoms with E-state index >= 15 is 0 Å². The fraction of sp³-hybridized carbons (Fsp3) is 0.556. The summed E-state index contributed by atoms with van der Waals surface area (Å²) in [6.45, 7) is 2.21. The fourth-order valence-corrected chi connectivity index (χ4v) is 2.42. The molecule has 0 fully saturated rings. The summed E-state index contributed by atoms with van der Waals surface area (Å²) in [6.07, 6.45) is 0.862. The molecule has 14 heavy (non-hydrogen) atoms. The number of hydrogen-bond donors (Lipinski definition) is 0. The number of rotatable bonds is 5. The first-order valence-electron chi connectivity index (χ1n) is 4.24. The fourth-order valence-electron chi connectivity index (χ4n) is 0.938. The van der Waals surface area contributed by atoms with Crippen molar-refractivity contribution in [1.29, 1.82) is 0 Å². The van der Waals surface area contributed by atoms with Gasteiger partial charge in [0.15, 0.2) is 5.78 Å². The third-order valence-corrected chi connectivity index (χ3v) is 3.88. The van der Waals surface area contributed by atoms with Gasteiger partial charge in [-0.1, -0.05) is 15.9 Å². The Balaban J connectivity index is 2.61. The lowest BCUT2D eigenvalue weighted by Crippen LogP contribution is -1.97. The molecular formula is C9H12BrNO2S. The van der Waals surface area contributed by atoms with Crippen LogP contribution in [0.4, 0.5) is 0 Å². The van der Waals surface area contributed by atoms with Crippen molar-refractivity contribution >= 4 is 33.0 Å².